The van der Waals surface area contributed by atoms with Gasteiger partial charge in [0.15, 0.2) is 0 Å². The van der Waals surface area contributed by atoms with Crippen molar-refractivity contribution in [3.63, 3.8) is 0 Å². The van der Waals surface area contributed by atoms with Crippen LogP contribution in [0.1, 0.15) is 11.1 Å². The first-order valence-corrected chi connectivity index (χ1v) is 5.35. The van der Waals surface area contributed by atoms with Crippen LogP contribution < -0.4 is 10.5 Å². The quantitative estimate of drug-likeness (QED) is 0.837. The maximum atomic E-state index is 5.70. The van der Waals surface area contributed by atoms with Crippen LogP contribution in [-0.2, 0) is 6.61 Å². The Labute approximate surface area is 95.7 Å². The molecule has 2 aromatic carbocycles. The topological polar surface area (TPSA) is 36.9 Å². The van der Waals surface area contributed by atoms with Crippen molar-refractivity contribution in [3.05, 3.63) is 59.7 Å². The molecule has 0 aliphatic heterocycles. The number of benzene rings is 2. The lowest BCUT2D eigenvalue weighted by atomic mass is 10.2. The van der Waals surface area contributed by atoms with Gasteiger partial charge in [-0.1, -0.05) is 30.3 Å². The van der Waals surface area contributed by atoms with Crippen molar-refractivity contribution in [3.8, 4) is 5.75 Å². The largest absolute Gasteiger partial charge is 0.489 e. The van der Waals surface area contributed by atoms with E-state index in [9.17, 15) is 0 Å². The second kappa shape index (κ2) is 4.81. The van der Waals surface area contributed by atoms with Crippen LogP contribution in [0.5, 0.6) is 5.75 Å². The van der Waals surface area contributed by atoms with E-state index in [1.54, 1.807) is 0 Å². The van der Waals surface area contributed by atoms with Crippen molar-refractivity contribution in [2.45, 2.75) is 13.5 Å². The standard InChI is InChI=1S/C14H15NO/c1-11-9-13(7-8-14(11)15)16-10-12-5-3-2-4-6-12/h2-9H,10,15H2,1H3/p+1. The van der Waals surface area contributed by atoms with Gasteiger partial charge in [-0.2, -0.15) is 0 Å². The third-order valence-electron chi connectivity index (χ3n) is 2.56. The van der Waals surface area contributed by atoms with Crippen molar-refractivity contribution >= 4 is 5.69 Å². The van der Waals surface area contributed by atoms with Crippen LogP contribution in [0, 0.1) is 6.92 Å². The summed E-state index contributed by atoms with van der Waals surface area (Å²) in [6, 6.07) is 16.1. The molecule has 2 heteroatoms. The highest BCUT2D eigenvalue weighted by molar-refractivity contribution is 5.43. The summed E-state index contributed by atoms with van der Waals surface area (Å²) in [5, 5.41) is 0. The summed E-state index contributed by atoms with van der Waals surface area (Å²) in [4.78, 5) is 0. The lowest BCUT2D eigenvalue weighted by molar-refractivity contribution is -0.255. The minimum atomic E-state index is 0.608. The fourth-order valence-electron chi connectivity index (χ4n) is 1.50. The summed E-state index contributed by atoms with van der Waals surface area (Å²) in [5.41, 5.74) is 7.31. The van der Waals surface area contributed by atoms with Gasteiger partial charge in [0, 0.05) is 11.6 Å². The molecule has 0 radical (unpaired) electrons. The molecule has 0 saturated carbocycles. The number of ether oxygens (including phenoxy) is 1. The Hall–Kier alpha value is -1.80. The van der Waals surface area contributed by atoms with Gasteiger partial charge < -0.3 is 10.5 Å². The van der Waals surface area contributed by atoms with Crippen molar-refractivity contribution in [2.24, 2.45) is 0 Å². The molecule has 16 heavy (non-hydrogen) atoms. The molecule has 0 amide bonds. The van der Waals surface area contributed by atoms with E-state index in [-0.39, 0.29) is 0 Å². The number of rotatable bonds is 3. The molecule has 2 nitrogen and oxygen atoms in total. The number of hydrogen-bond donors (Lipinski definition) is 1. The van der Waals surface area contributed by atoms with Gasteiger partial charge in [-0.05, 0) is 24.6 Å². The molecular weight excluding hydrogens is 198 g/mol. The van der Waals surface area contributed by atoms with Crippen LogP contribution in [0.25, 0.3) is 0 Å². The molecule has 2 aromatic rings. The molecule has 0 heterocycles. The lowest BCUT2D eigenvalue weighted by Crippen LogP contribution is -2.40. The van der Waals surface area contributed by atoms with Gasteiger partial charge in [0.2, 0.25) is 0 Å². The number of hydrogen-bond acceptors (Lipinski definition) is 1. The van der Waals surface area contributed by atoms with E-state index >= 15 is 0 Å². The van der Waals surface area contributed by atoms with Crippen LogP contribution in [0.4, 0.5) is 5.69 Å². The van der Waals surface area contributed by atoms with Crippen LogP contribution in [0.3, 0.4) is 0 Å². The molecular formula is C14H16NO+. The van der Waals surface area contributed by atoms with Crippen LogP contribution in [0.15, 0.2) is 48.5 Å². The summed E-state index contributed by atoms with van der Waals surface area (Å²) in [7, 11) is 0. The summed E-state index contributed by atoms with van der Waals surface area (Å²) in [6.45, 7) is 2.65. The minimum Gasteiger partial charge on any atom is -0.489 e. The normalized spacial score (nSPS) is 10.1. The molecule has 0 spiro atoms. The molecule has 0 fully saturated rings. The lowest BCUT2D eigenvalue weighted by Gasteiger charge is -2.07. The van der Waals surface area contributed by atoms with Gasteiger partial charge in [-0.25, -0.2) is 0 Å². The van der Waals surface area contributed by atoms with E-state index < -0.39 is 0 Å². The molecule has 0 aromatic heterocycles. The predicted octanol–water partition coefficient (Wildman–Crippen LogP) is 2.45. The van der Waals surface area contributed by atoms with Gasteiger partial charge in [0.25, 0.3) is 0 Å². The maximum Gasteiger partial charge on any atom is 0.131 e. The van der Waals surface area contributed by atoms with Crippen LogP contribution in [0.2, 0.25) is 0 Å². The van der Waals surface area contributed by atoms with Gasteiger partial charge in [0.1, 0.15) is 18.0 Å². The average Bonchev–Trinajstić information content (AvgIpc) is 2.32. The first-order valence-electron chi connectivity index (χ1n) is 5.35. The van der Waals surface area contributed by atoms with E-state index in [1.165, 1.54) is 5.56 Å². The SMILES string of the molecule is Cc1cc(OCc2ccccc2)ccc1[NH3+]. The Balaban J connectivity index is 2.03. The molecule has 0 unspecified atom stereocenters. The Morgan fingerprint density at radius 3 is 2.50 bits per heavy atom. The van der Waals surface area contributed by atoms with Gasteiger partial charge in [0.05, 0.1) is 0 Å². The molecule has 3 N–H and O–H groups in total. The van der Waals surface area contributed by atoms with E-state index in [2.05, 4.69) is 17.9 Å². The Kier molecular flexibility index (Phi) is 3.22. The second-order valence-electron chi connectivity index (χ2n) is 3.86. The van der Waals surface area contributed by atoms with Gasteiger partial charge in [-0.3, -0.25) is 0 Å². The highest BCUT2D eigenvalue weighted by Crippen LogP contribution is 2.18. The average molecular weight is 214 g/mol. The third kappa shape index (κ3) is 2.61. The zero-order valence-corrected chi connectivity index (χ0v) is 9.44. The first-order chi connectivity index (χ1) is 7.75. The maximum absolute atomic E-state index is 5.70. The monoisotopic (exact) mass is 214 g/mol. The fourth-order valence-corrected chi connectivity index (χ4v) is 1.50. The van der Waals surface area contributed by atoms with Crippen LogP contribution >= 0.6 is 0 Å². The minimum absolute atomic E-state index is 0.608. The molecule has 0 atom stereocenters. The number of quaternary nitrogens is 1. The number of aryl methyl sites for hydroxylation is 1. The molecule has 82 valence electrons. The zero-order valence-electron chi connectivity index (χ0n) is 9.44. The van der Waals surface area contributed by atoms with E-state index in [1.807, 2.05) is 43.3 Å². The Bertz CT molecular complexity index is 465. The summed E-state index contributed by atoms with van der Waals surface area (Å²) < 4.78 is 5.70. The highest BCUT2D eigenvalue weighted by Gasteiger charge is 2.00. The van der Waals surface area contributed by atoms with E-state index in [0.717, 1.165) is 17.0 Å². The van der Waals surface area contributed by atoms with Crippen molar-refractivity contribution in [1.82, 2.24) is 0 Å². The van der Waals surface area contributed by atoms with Crippen molar-refractivity contribution in [2.75, 3.05) is 0 Å². The second-order valence-corrected chi connectivity index (χ2v) is 3.86. The van der Waals surface area contributed by atoms with Gasteiger partial charge >= 0.3 is 0 Å². The molecule has 0 saturated heterocycles. The summed E-state index contributed by atoms with van der Waals surface area (Å²) in [6.07, 6.45) is 0. The highest BCUT2D eigenvalue weighted by atomic mass is 16.5. The summed E-state index contributed by atoms with van der Waals surface area (Å²) >= 11 is 0. The third-order valence-corrected chi connectivity index (χ3v) is 2.56. The van der Waals surface area contributed by atoms with E-state index in [0.29, 0.717) is 6.61 Å². The molecule has 0 aliphatic carbocycles. The van der Waals surface area contributed by atoms with Crippen LogP contribution in [-0.4, -0.2) is 0 Å². The Morgan fingerprint density at radius 2 is 1.81 bits per heavy atom. The first kappa shape index (κ1) is 10.7. The molecule has 0 bridgehead atoms. The van der Waals surface area contributed by atoms with Crippen molar-refractivity contribution in [1.29, 1.82) is 0 Å². The molecule has 2 rings (SSSR count). The molecule has 0 aliphatic rings. The van der Waals surface area contributed by atoms with Crippen molar-refractivity contribution < 1.29 is 10.5 Å². The Morgan fingerprint density at radius 1 is 1.06 bits per heavy atom. The fraction of sp³-hybridized carbons (Fsp3) is 0.143. The summed E-state index contributed by atoms with van der Waals surface area (Å²) in [5.74, 6) is 0.897. The van der Waals surface area contributed by atoms with Gasteiger partial charge in [-0.15, -0.1) is 0 Å². The zero-order chi connectivity index (χ0) is 11.4. The predicted molar refractivity (Wildman–Crippen MR) is 64.5 cm³/mol. The smallest absolute Gasteiger partial charge is 0.131 e. The van der Waals surface area contributed by atoms with E-state index in [4.69, 9.17) is 4.74 Å².